The first-order chi connectivity index (χ1) is 10.9. The molecular formula is C16H25FN2O3S. The zero-order valence-electron chi connectivity index (χ0n) is 13.4. The molecule has 0 saturated heterocycles. The van der Waals surface area contributed by atoms with Crippen LogP contribution in [0.15, 0.2) is 23.1 Å². The van der Waals surface area contributed by atoms with Gasteiger partial charge in [-0.2, -0.15) is 0 Å². The number of unbranched alkanes of at least 4 members (excludes halogenated alkanes) is 1. The second-order valence-electron chi connectivity index (χ2n) is 6.15. The van der Waals surface area contributed by atoms with Gasteiger partial charge in [-0.15, -0.1) is 0 Å². The normalized spacial score (nSPS) is 16.3. The van der Waals surface area contributed by atoms with Crippen LogP contribution in [-0.2, 0) is 10.0 Å². The van der Waals surface area contributed by atoms with Gasteiger partial charge in [0.05, 0.1) is 11.5 Å². The summed E-state index contributed by atoms with van der Waals surface area (Å²) in [5, 5.41) is 0. The number of halogens is 1. The predicted octanol–water partition coefficient (Wildman–Crippen LogP) is 2.41. The van der Waals surface area contributed by atoms with E-state index in [0.717, 1.165) is 31.7 Å². The number of rotatable bonds is 10. The van der Waals surface area contributed by atoms with E-state index in [-0.39, 0.29) is 16.7 Å². The van der Waals surface area contributed by atoms with Crippen molar-refractivity contribution in [2.75, 3.05) is 13.2 Å². The fraction of sp³-hybridized carbons (Fsp3) is 0.625. The van der Waals surface area contributed by atoms with Crippen molar-refractivity contribution in [3.8, 4) is 5.75 Å². The highest BCUT2D eigenvalue weighted by Crippen LogP contribution is 2.30. The molecule has 0 heterocycles. The Hall–Kier alpha value is -1.18. The maximum atomic E-state index is 13.7. The van der Waals surface area contributed by atoms with Gasteiger partial charge < -0.3 is 10.5 Å². The lowest BCUT2D eigenvalue weighted by molar-refractivity contribution is 0.284. The Bertz CT molecular complexity index is 618. The number of ether oxygens (including phenoxy) is 1. The second kappa shape index (κ2) is 8.08. The summed E-state index contributed by atoms with van der Waals surface area (Å²) >= 11 is 0. The Morgan fingerprint density at radius 2 is 2.13 bits per heavy atom. The van der Waals surface area contributed by atoms with Gasteiger partial charge in [-0.3, -0.25) is 0 Å². The van der Waals surface area contributed by atoms with Crippen LogP contribution >= 0.6 is 0 Å². The molecule has 0 unspecified atom stereocenters. The number of nitrogens with two attached hydrogens (primary N) is 1. The zero-order valence-corrected chi connectivity index (χ0v) is 14.2. The van der Waals surface area contributed by atoms with Crippen molar-refractivity contribution in [3.05, 3.63) is 24.0 Å². The quantitative estimate of drug-likeness (QED) is 0.639. The van der Waals surface area contributed by atoms with E-state index in [1.54, 1.807) is 0 Å². The molecule has 1 saturated carbocycles. The maximum absolute atomic E-state index is 13.7. The lowest BCUT2D eigenvalue weighted by Gasteiger charge is -2.15. The number of benzene rings is 1. The molecular weight excluding hydrogens is 319 g/mol. The lowest BCUT2D eigenvalue weighted by atomic mass is 10.1. The molecule has 0 aliphatic heterocycles. The Kier molecular flexibility index (Phi) is 6.38. The summed E-state index contributed by atoms with van der Waals surface area (Å²) in [7, 11) is -3.69. The van der Waals surface area contributed by atoms with Crippen LogP contribution in [0.2, 0.25) is 0 Å². The second-order valence-corrected chi connectivity index (χ2v) is 7.87. The molecule has 0 bridgehead atoms. The van der Waals surface area contributed by atoms with E-state index in [0.29, 0.717) is 25.5 Å². The van der Waals surface area contributed by atoms with Gasteiger partial charge in [-0.1, -0.05) is 6.42 Å². The predicted molar refractivity (Wildman–Crippen MR) is 87.3 cm³/mol. The van der Waals surface area contributed by atoms with Crippen LogP contribution in [-0.4, -0.2) is 27.6 Å². The molecule has 7 heteroatoms. The zero-order chi connectivity index (χ0) is 16.9. The fourth-order valence-electron chi connectivity index (χ4n) is 2.24. The molecule has 0 spiro atoms. The summed E-state index contributed by atoms with van der Waals surface area (Å²) in [6.45, 7) is 2.84. The van der Waals surface area contributed by atoms with E-state index in [2.05, 4.69) is 4.72 Å². The molecule has 1 aliphatic rings. The highest BCUT2D eigenvalue weighted by atomic mass is 32.2. The molecule has 0 amide bonds. The monoisotopic (exact) mass is 344 g/mol. The molecule has 1 aromatic rings. The molecule has 130 valence electrons. The van der Waals surface area contributed by atoms with Gasteiger partial charge in [0.2, 0.25) is 10.0 Å². The van der Waals surface area contributed by atoms with Gasteiger partial charge in [-0.25, -0.2) is 17.5 Å². The van der Waals surface area contributed by atoms with Crippen LogP contribution in [0.4, 0.5) is 4.39 Å². The van der Waals surface area contributed by atoms with Crippen molar-refractivity contribution in [1.82, 2.24) is 4.72 Å². The van der Waals surface area contributed by atoms with E-state index >= 15 is 0 Å². The van der Waals surface area contributed by atoms with Crippen LogP contribution in [0.5, 0.6) is 5.75 Å². The van der Waals surface area contributed by atoms with Gasteiger partial charge in [0.15, 0.2) is 11.6 Å². The molecule has 1 aliphatic carbocycles. The van der Waals surface area contributed by atoms with Gasteiger partial charge in [0, 0.05) is 12.1 Å². The number of sulfonamides is 1. The van der Waals surface area contributed by atoms with Gasteiger partial charge in [-0.05, 0) is 57.2 Å². The Morgan fingerprint density at radius 1 is 1.39 bits per heavy atom. The molecule has 5 nitrogen and oxygen atoms in total. The SMILES string of the molecule is C[C@@H](CCCCN)NS(=O)(=O)c1ccc(F)c(OCC2CC2)c1. The summed E-state index contributed by atoms with van der Waals surface area (Å²) in [6.07, 6.45) is 4.60. The minimum absolute atomic E-state index is 0.00411. The summed E-state index contributed by atoms with van der Waals surface area (Å²) in [5.41, 5.74) is 5.43. The van der Waals surface area contributed by atoms with Crippen molar-refractivity contribution in [2.45, 2.75) is 50.0 Å². The van der Waals surface area contributed by atoms with Crippen LogP contribution in [0, 0.1) is 11.7 Å². The van der Waals surface area contributed by atoms with Gasteiger partial charge >= 0.3 is 0 Å². The molecule has 3 N–H and O–H groups in total. The van der Waals surface area contributed by atoms with Crippen molar-refractivity contribution < 1.29 is 17.5 Å². The third-order valence-electron chi connectivity index (χ3n) is 3.83. The average Bonchev–Trinajstić information content (AvgIpc) is 3.30. The first-order valence-corrected chi connectivity index (χ1v) is 9.55. The topological polar surface area (TPSA) is 81.4 Å². The van der Waals surface area contributed by atoms with Crippen LogP contribution in [0.25, 0.3) is 0 Å². The Balaban J connectivity index is 2.01. The van der Waals surface area contributed by atoms with Crippen LogP contribution in [0.1, 0.15) is 39.0 Å². The largest absolute Gasteiger partial charge is 0.490 e. The Labute approximate surface area is 137 Å². The number of hydrogen-bond acceptors (Lipinski definition) is 4. The highest BCUT2D eigenvalue weighted by Gasteiger charge is 2.24. The lowest BCUT2D eigenvalue weighted by Crippen LogP contribution is -2.32. The number of hydrogen-bond donors (Lipinski definition) is 2. The molecule has 1 aromatic carbocycles. The number of nitrogens with one attached hydrogen (secondary N) is 1. The van der Waals surface area contributed by atoms with E-state index in [4.69, 9.17) is 10.5 Å². The molecule has 23 heavy (non-hydrogen) atoms. The maximum Gasteiger partial charge on any atom is 0.240 e. The highest BCUT2D eigenvalue weighted by molar-refractivity contribution is 7.89. The van der Waals surface area contributed by atoms with Crippen molar-refractivity contribution in [3.63, 3.8) is 0 Å². The van der Waals surface area contributed by atoms with E-state index in [1.807, 2.05) is 6.92 Å². The summed E-state index contributed by atoms with van der Waals surface area (Å²) < 4.78 is 46.5. The fourth-order valence-corrected chi connectivity index (χ4v) is 3.53. The molecule has 0 aromatic heterocycles. The van der Waals surface area contributed by atoms with Crippen molar-refractivity contribution in [1.29, 1.82) is 0 Å². The average molecular weight is 344 g/mol. The summed E-state index contributed by atoms with van der Waals surface area (Å²) in [4.78, 5) is 0.0235. The van der Waals surface area contributed by atoms with E-state index in [1.165, 1.54) is 12.1 Å². The smallest absolute Gasteiger partial charge is 0.240 e. The minimum Gasteiger partial charge on any atom is -0.490 e. The molecule has 1 fully saturated rings. The standard InChI is InChI=1S/C16H25FN2O3S/c1-12(4-2-3-9-18)19-23(20,21)14-7-8-15(17)16(10-14)22-11-13-5-6-13/h7-8,10,12-13,19H,2-6,9,11,18H2,1H3/t12-/m0/s1. The first kappa shape index (κ1) is 18.2. The van der Waals surface area contributed by atoms with Gasteiger partial charge in [0.1, 0.15) is 0 Å². The van der Waals surface area contributed by atoms with E-state index in [9.17, 15) is 12.8 Å². The van der Waals surface area contributed by atoms with Crippen molar-refractivity contribution in [2.24, 2.45) is 11.7 Å². The van der Waals surface area contributed by atoms with Crippen LogP contribution < -0.4 is 15.2 Å². The molecule has 1 atom stereocenters. The third-order valence-corrected chi connectivity index (χ3v) is 5.42. The third kappa shape index (κ3) is 5.75. The van der Waals surface area contributed by atoms with Crippen molar-refractivity contribution >= 4 is 10.0 Å². The van der Waals surface area contributed by atoms with Gasteiger partial charge in [0.25, 0.3) is 0 Å². The minimum atomic E-state index is -3.69. The van der Waals surface area contributed by atoms with E-state index < -0.39 is 15.8 Å². The summed E-state index contributed by atoms with van der Waals surface area (Å²) in [6, 6.07) is 3.45. The molecule has 0 radical (unpaired) electrons. The van der Waals surface area contributed by atoms with Crippen LogP contribution in [0.3, 0.4) is 0 Å². The molecule has 2 rings (SSSR count). The summed E-state index contributed by atoms with van der Waals surface area (Å²) in [5.74, 6) is -0.0773. The first-order valence-electron chi connectivity index (χ1n) is 8.07. The Morgan fingerprint density at radius 3 is 2.78 bits per heavy atom.